The van der Waals surface area contributed by atoms with Gasteiger partial charge >= 0.3 is 0 Å². The van der Waals surface area contributed by atoms with Gasteiger partial charge in [-0.25, -0.2) is 0 Å². The van der Waals surface area contributed by atoms with Gasteiger partial charge in [-0.3, -0.25) is 4.68 Å². The number of aryl methyl sites for hydroxylation is 2. The Bertz CT molecular complexity index is 591. The maximum atomic E-state index is 5.67. The predicted octanol–water partition coefficient (Wildman–Crippen LogP) is 2.34. The van der Waals surface area contributed by atoms with Crippen molar-refractivity contribution < 1.29 is 0 Å². The lowest BCUT2D eigenvalue weighted by Gasteiger charge is -2.07. The SMILES string of the molecule is CCn1nc(C)c(Br)c1CSc1nnc(CN)n1CC. The van der Waals surface area contributed by atoms with E-state index in [1.165, 1.54) is 5.69 Å². The number of hydrogen-bond donors (Lipinski definition) is 1. The molecule has 8 heteroatoms. The maximum Gasteiger partial charge on any atom is 0.191 e. The smallest absolute Gasteiger partial charge is 0.191 e. The number of halogens is 1. The number of rotatable bonds is 6. The van der Waals surface area contributed by atoms with Gasteiger partial charge in [-0.05, 0) is 36.7 Å². The Morgan fingerprint density at radius 3 is 2.60 bits per heavy atom. The van der Waals surface area contributed by atoms with Crippen molar-refractivity contribution in [2.24, 2.45) is 5.73 Å². The second-order valence-electron chi connectivity index (χ2n) is 4.30. The third-order valence-electron chi connectivity index (χ3n) is 3.08. The molecule has 2 N–H and O–H groups in total. The first-order chi connectivity index (χ1) is 9.62. The van der Waals surface area contributed by atoms with Crippen molar-refractivity contribution in [3.05, 3.63) is 21.7 Å². The number of aromatic nitrogens is 5. The molecule has 0 saturated heterocycles. The van der Waals surface area contributed by atoms with E-state index >= 15 is 0 Å². The van der Waals surface area contributed by atoms with E-state index in [1.54, 1.807) is 11.8 Å². The van der Waals surface area contributed by atoms with Crippen molar-refractivity contribution in [2.45, 2.75) is 51.3 Å². The van der Waals surface area contributed by atoms with Gasteiger partial charge in [0, 0.05) is 18.8 Å². The molecule has 2 aromatic heterocycles. The van der Waals surface area contributed by atoms with Crippen LogP contribution in [0.1, 0.15) is 31.1 Å². The van der Waals surface area contributed by atoms with Crippen molar-refractivity contribution >= 4 is 27.7 Å². The molecular weight excluding hydrogens is 340 g/mol. The molecule has 2 heterocycles. The molecule has 0 bridgehead atoms. The molecule has 0 radical (unpaired) electrons. The van der Waals surface area contributed by atoms with Crippen molar-refractivity contribution in [3.8, 4) is 0 Å². The Kier molecular flexibility index (Phi) is 5.22. The molecule has 0 aliphatic rings. The minimum absolute atomic E-state index is 0.414. The zero-order valence-electron chi connectivity index (χ0n) is 11.9. The molecule has 0 aromatic carbocycles. The van der Waals surface area contributed by atoms with Crippen molar-refractivity contribution in [1.82, 2.24) is 24.5 Å². The van der Waals surface area contributed by atoms with Crippen LogP contribution in [-0.4, -0.2) is 24.5 Å². The number of nitrogens with two attached hydrogens (primary N) is 1. The van der Waals surface area contributed by atoms with Crippen molar-refractivity contribution in [2.75, 3.05) is 0 Å². The van der Waals surface area contributed by atoms with Gasteiger partial charge in [0.15, 0.2) is 5.16 Å². The average molecular weight is 359 g/mol. The van der Waals surface area contributed by atoms with Crippen molar-refractivity contribution in [1.29, 1.82) is 0 Å². The highest BCUT2D eigenvalue weighted by molar-refractivity contribution is 9.10. The van der Waals surface area contributed by atoms with E-state index in [9.17, 15) is 0 Å². The van der Waals surface area contributed by atoms with Gasteiger partial charge in [0.1, 0.15) is 5.82 Å². The predicted molar refractivity (Wildman–Crippen MR) is 83.5 cm³/mol. The summed E-state index contributed by atoms with van der Waals surface area (Å²) in [6.45, 7) is 8.27. The molecule has 0 aliphatic carbocycles. The van der Waals surface area contributed by atoms with E-state index < -0.39 is 0 Å². The van der Waals surface area contributed by atoms with Gasteiger partial charge in [-0.15, -0.1) is 10.2 Å². The van der Waals surface area contributed by atoms with Crippen LogP contribution in [0.25, 0.3) is 0 Å². The highest BCUT2D eigenvalue weighted by atomic mass is 79.9. The first kappa shape index (κ1) is 15.5. The molecule has 0 saturated carbocycles. The highest BCUT2D eigenvalue weighted by Gasteiger charge is 2.15. The van der Waals surface area contributed by atoms with Gasteiger partial charge in [0.25, 0.3) is 0 Å². The zero-order chi connectivity index (χ0) is 14.7. The number of nitrogens with zero attached hydrogens (tertiary/aromatic N) is 5. The molecule has 20 heavy (non-hydrogen) atoms. The highest BCUT2D eigenvalue weighted by Crippen LogP contribution is 2.28. The third kappa shape index (κ3) is 2.91. The van der Waals surface area contributed by atoms with E-state index in [0.717, 1.165) is 40.0 Å². The van der Waals surface area contributed by atoms with Crippen LogP contribution in [0.15, 0.2) is 9.63 Å². The Balaban J connectivity index is 2.19. The summed E-state index contributed by atoms with van der Waals surface area (Å²) in [7, 11) is 0. The van der Waals surface area contributed by atoms with Gasteiger partial charge in [0.05, 0.1) is 22.4 Å². The zero-order valence-corrected chi connectivity index (χ0v) is 14.3. The van der Waals surface area contributed by atoms with Crippen LogP contribution in [0, 0.1) is 6.92 Å². The lowest BCUT2D eigenvalue weighted by Crippen LogP contribution is -2.08. The lowest BCUT2D eigenvalue weighted by atomic mass is 10.4. The largest absolute Gasteiger partial charge is 0.324 e. The van der Waals surface area contributed by atoms with E-state index in [-0.39, 0.29) is 0 Å². The summed E-state index contributed by atoms with van der Waals surface area (Å²) in [6, 6.07) is 0. The summed E-state index contributed by atoms with van der Waals surface area (Å²) in [6.07, 6.45) is 0. The Labute approximate surface area is 131 Å². The normalized spacial score (nSPS) is 11.2. The van der Waals surface area contributed by atoms with Gasteiger partial charge in [-0.2, -0.15) is 5.10 Å². The quantitative estimate of drug-likeness (QED) is 0.802. The fourth-order valence-corrected chi connectivity index (χ4v) is 3.69. The summed E-state index contributed by atoms with van der Waals surface area (Å²) in [5.74, 6) is 1.63. The Morgan fingerprint density at radius 2 is 2.00 bits per heavy atom. The molecule has 6 nitrogen and oxygen atoms in total. The van der Waals surface area contributed by atoms with E-state index in [1.807, 2.05) is 11.6 Å². The topological polar surface area (TPSA) is 74.6 Å². The maximum absolute atomic E-state index is 5.67. The van der Waals surface area contributed by atoms with Gasteiger partial charge in [0.2, 0.25) is 0 Å². The molecule has 0 fully saturated rings. The lowest BCUT2D eigenvalue weighted by molar-refractivity contribution is 0.628. The first-order valence-corrected chi connectivity index (χ1v) is 8.36. The second-order valence-corrected chi connectivity index (χ2v) is 6.03. The molecule has 0 atom stereocenters. The van der Waals surface area contributed by atoms with Crippen LogP contribution in [0.3, 0.4) is 0 Å². The summed E-state index contributed by atoms with van der Waals surface area (Å²) < 4.78 is 5.15. The van der Waals surface area contributed by atoms with Crippen LogP contribution >= 0.6 is 27.7 Å². The molecule has 2 aromatic rings. The molecule has 2 rings (SSSR count). The van der Waals surface area contributed by atoms with E-state index in [4.69, 9.17) is 5.73 Å². The summed E-state index contributed by atoms with van der Waals surface area (Å²) in [5, 5.41) is 13.7. The average Bonchev–Trinajstić information content (AvgIpc) is 2.98. The van der Waals surface area contributed by atoms with Crippen LogP contribution in [-0.2, 0) is 25.4 Å². The van der Waals surface area contributed by atoms with Gasteiger partial charge < -0.3 is 10.3 Å². The summed E-state index contributed by atoms with van der Waals surface area (Å²) in [4.78, 5) is 0. The van der Waals surface area contributed by atoms with E-state index in [0.29, 0.717) is 6.54 Å². The summed E-state index contributed by atoms with van der Waals surface area (Å²) in [5.41, 5.74) is 7.86. The molecule has 0 amide bonds. The standard InChI is InChI=1S/C12H19BrN6S/c1-4-18-10(6-14)15-16-12(18)20-7-9-11(13)8(3)17-19(9)5-2/h4-7,14H2,1-3H3. The van der Waals surface area contributed by atoms with Crippen LogP contribution in [0.2, 0.25) is 0 Å². The summed E-state index contributed by atoms with van der Waals surface area (Å²) >= 11 is 5.27. The third-order valence-corrected chi connectivity index (χ3v) is 5.09. The molecular formula is C12H19BrN6S. The fraction of sp³-hybridized carbons (Fsp3) is 0.583. The van der Waals surface area contributed by atoms with Crippen molar-refractivity contribution in [3.63, 3.8) is 0 Å². The number of hydrogen-bond acceptors (Lipinski definition) is 5. The first-order valence-electron chi connectivity index (χ1n) is 6.59. The van der Waals surface area contributed by atoms with Gasteiger partial charge in [-0.1, -0.05) is 11.8 Å². The number of thioether (sulfide) groups is 1. The fourth-order valence-electron chi connectivity index (χ4n) is 2.03. The minimum atomic E-state index is 0.414. The molecule has 0 unspecified atom stereocenters. The Morgan fingerprint density at radius 1 is 1.25 bits per heavy atom. The molecule has 0 spiro atoms. The van der Waals surface area contributed by atoms with Crippen LogP contribution < -0.4 is 5.73 Å². The molecule has 110 valence electrons. The van der Waals surface area contributed by atoms with E-state index in [2.05, 4.69) is 49.6 Å². The van der Waals surface area contributed by atoms with Crippen LogP contribution in [0.5, 0.6) is 0 Å². The minimum Gasteiger partial charge on any atom is -0.324 e. The van der Waals surface area contributed by atoms with Crippen LogP contribution in [0.4, 0.5) is 0 Å². The second kappa shape index (κ2) is 6.73. The molecule has 0 aliphatic heterocycles. The Hall–Kier alpha value is -0.860. The monoisotopic (exact) mass is 358 g/mol.